The summed E-state index contributed by atoms with van der Waals surface area (Å²) in [6.07, 6.45) is 0.0804. The van der Waals surface area contributed by atoms with Gasteiger partial charge in [0.2, 0.25) is 5.78 Å². The Hall–Kier alpha value is -2.47. The van der Waals surface area contributed by atoms with Crippen LogP contribution in [0.25, 0.3) is 0 Å². The van der Waals surface area contributed by atoms with E-state index in [2.05, 4.69) is 21.2 Å². The van der Waals surface area contributed by atoms with Gasteiger partial charge in [0.1, 0.15) is 6.61 Å². The zero-order valence-electron chi connectivity index (χ0n) is 14.5. The smallest absolute Gasteiger partial charge is 0.338 e. The number of halogens is 1. The minimum atomic E-state index is -0.702. The van der Waals surface area contributed by atoms with Crippen molar-refractivity contribution in [1.82, 2.24) is 0 Å². The summed E-state index contributed by atoms with van der Waals surface area (Å²) in [7, 11) is 0. The number of fused-ring (bicyclic) bond motifs is 1. The van der Waals surface area contributed by atoms with Crippen LogP contribution in [0.4, 0.5) is 5.69 Å². The molecule has 1 heterocycles. The average molecular weight is 416 g/mol. The van der Waals surface area contributed by atoms with Gasteiger partial charge in [0, 0.05) is 22.1 Å². The van der Waals surface area contributed by atoms with Crippen molar-refractivity contribution in [3.63, 3.8) is 0 Å². The second-order valence-electron chi connectivity index (χ2n) is 6.86. The van der Waals surface area contributed by atoms with Crippen LogP contribution in [-0.4, -0.2) is 17.7 Å². The van der Waals surface area contributed by atoms with Gasteiger partial charge in [-0.05, 0) is 23.1 Å². The molecule has 2 aromatic rings. The third kappa shape index (κ3) is 3.70. The Kier molecular flexibility index (Phi) is 4.96. The van der Waals surface area contributed by atoms with Crippen molar-refractivity contribution < 1.29 is 19.1 Å². The summed E-state index contributed by atoms with van der Waals surface area (Å²) in [5.74, 6) is -1.65. The first kappa shape index (κ1) is 18.3. The van der Waals surface area contributed by atoms with Crippen molar-refractivity contribution in [2.75, 3.05) is 5.32 Å². The Morgan fingerprint density at radius 2 is 1.88 bits per heavy atom. The summed E-state index contributed by atoms with van der Waals surface area (Å²) in [4.78, 5) is 36.4. The fourth-order valence-corrected chi connectivity index (χ4v) is 3.50. The monoisotopic (exact) mass is 415 g/mol. The van der Waals surface area contributed by atoms with Gasteiger partial charge in [0.05, 0.1) is 5.56 Å². The number of esters is 1. The van der Waals surface area contributed by atoms with Gasteiger partial charge in [-0.1, -0.05) is 60.1 Å². The van der Waals surface area contributed by atoms with Gasteiger partial charge in [-0.15, -0.1) is 0 Å². The maximum Gasteiger partial charge on any atom is 0.338 e. The molecule has 6 heteroatoms. The zero-order chi connectivity index (χ0) is 18.9. The summed E-state index contributed by atoms with van der Waals surface area (Å²) in [5, 5.41) is 2.58. The van der Waals surface area contributed by atoms with E-state index >= 15 is 0 Å². The highest BCUT2D eigenvalue weighted by atomic mass is 79.9. The van der Waals surface area contributed by atoms with E-state index in [1.165, 1.54) is 6.07 Å². The van der Waals surface area contributed by atoms with Gasteiger partial charge in [-0.2, -0.15) is 0 Å². The molecule has 134 valence electrons. The summed E-state index contributed by atoms with van der Waals surface area (Å²) >= 11 is 3.36. The molecule has 5 nitrogen and oxygen atoms in total. The summed E-state index contributed by atoms with van der Waals surface area (Å²) in [6.45, 7) is 4.05. The number of cyclic esters (lactones) is 1. The van der Waals surface area contributed by atoms with Crippen LogP contribution >= 0.6 is 15.9 Å². The summed E-state index contributed by atoms with van der Waals surface area (Å²) in [5.41, 5.74) is 2.05. The van der Waals surface area contributed by atoms with E-state index in [1.54, 1.807) is 6.07 Å². The first-order valence-electron chi connectivity index (χ1n) is 8.17. The number of carbonyl (C=O) groups is 3. The molecule has 1 N–H and O–H groups in total. The average Bonchev–Trinajstić information content (AvgIpc) is 2.97. The van der Waals surface area contributed by atoms with E-state index in [1.807, 2.05) is 44.2 Å². The lowest BCUT2D eigenvalue weighted by Crippen LogP contribution is -2.30. The molecule has 1 amide bonds. The Morgan fingerprint density at radius 3 is 2.58 bits per heavy atom. The lowest BCUT2D eigenvalue weighted by Gasteiger charge is -2.24. The number of ketones is 1. The van der Waals surface area contributed by atoms with Gasteiger partial charge in [-0.3, -0.25) is 9.59 Å². The molecule has 0 fully saturated rings. The highest BCUT2D eigenvalue weighted by molar-refractivity contribution is 9.10. The number of amides is 1. The number of nitrogens with one attached hydrogen (secondary N) is 1. The van der Waals surface area contributed by atoms with Crippen LogP contribution in [0.5, 0.6) is 0 Å². The molecule has 1 aliphatic rings. The minimum Gasteiger partial charge on any atom is -0.457 e. The van der Waals surface area contributed by atoms with E-state index < -0.39 is 23.1 Å². The van der Waals surface area contributed by atoms with E-state index in [4.69, 9.17) is 4.74 Å². The Morgan fingerprint density at radius 1 is 1.19 bits per heavy atom. The molecule has 0 unspecified atom stereocenters. The molecule has 0 radical (unpaired) electrons. The molecule has 26 heavy (non-hydrogen) atoms. The van der Waals surface area contributed by atoms with Crippen LogP contribution in [0, 0.1) is 0 Å². The van der Waals surface area contributed by atoms with Crippen molar-refractivity contribution in [2.24, 2.45) is 0 Å². The number of anilines is 1. The predicted octanol–water partition coefficient (Wildman–Crippen LogP) is 4.00. The van der Waals surface area contributed by atoms with Crippen molar-refractivity contribution in [1.29, 1.82) is 0 Å². The van der Waals surface area contributed by atoms with Gasteiger partial charge >= 0.3 is 5.97 Å². The Balaban J connectivity index is 1.72. The number of hydrogen-bond donors (Lipinski definition) is 1. The first-order chi connectivity index (χ1) is 12.3. The van der Waals surface area contributed by atoms with Gasteiger partial charge in [0.25, 0.3) is 5.91 Å². The fraction of sp³-hybridized carbons (Fsp3) is 0.250. The molecule has 2 aromatic carbocycles. The topological polar surface area (TPSA) is 72.5 Å². The summed E-state index contributed by atoms with van der Waals surface area (Å²) < 4.78 is 5.64. The molecular formula is C20H18BrNO4. The quantitative estimate of drug-likeness (QED) is 0.591. The molecule has 1 aliphatic heterocycles. The normalized spacial score (nSPS) is 13.1. The summed E-state index contributed by atoms with van der Waals surface area (Å²) in [6, 6.07) is 12.8. The van der Waals surface area contributed by atoms with Crippen molar-refractivity contribution in [3.05, 3.63) is 63.6 Å². The van der Waals surface area contributed by atoms with Crippen molar-refractivity contribution in [2.45, 2.75) is 32.3 Å². The molecule has 0 saturated heterocycles. The maximum absolute atomic E-state index is 12.4. The van der Waals surface area contributed by atoms with Crippen LogP contribution in [0.2, 0.25) is 0 Å². The minimum absolute atomic E-state index is 0.0804. The SMILES string of the molecule is CC(C)(CC(=O)C(=O)Nc1cc(Br)c2c(c1)C(=O)OC2)c1ccccc1. The Bertz CT molecular complexity index is 890. The number of benzene rings is 2. The van der Waals surface area contributed by atoms with E-state index in [-0.39, 0.29) is 13.0 Å². The highest BCUT2D eigenvalue weighted by Gasteiger charge is 2.29. The number of rotatable bonds is 5. The fourth-order valence-electron chi connectivity index (χ4n) is 2.93. The van der Waals surface area contributed by atoms with Crippen molar-refractivity contribution >= 4 is 39.3 Å². The molecular weight excluding hydrogens is 398 g/mol. The maximum atomic E-state index is 12.4. The number of ether oxygens (including phenoxy) is 1. The highest BCUT2D eigenvalue weighted by Crippen LogP contribution is 2.31. The molecule has 0 atom stereocenters. The second-order valence-corrected chi connectivity index (χ2v) is 7.72. The van der Waals surface area contributed by atoms with E-state index in [0.29, 0.717) is 15.7 Å². The lowest BCUT2D eigenvalue weighted by atomic mass is 9.80. The van der Waals surface area contributed by atoms with Crippen LogP contribution < -0.4 is 5.32 Å². The molecule has 0 aromatic heterocycles. The van der Waals surface area contributed by atoms with Gasteiger partial charge in [0.15, 0.2) is 0 Å². The van der Waals surface area contributed by atoms with Crippen molar-refractivity contribution in [3.8, 4) is 0 Å². The van der Waals surface area contributed by atoms with Gasteiger partial charge in [-0.25, -0.2) is 4.79 Å². The third-order valence-electron chi connectivity index (χ3n) is 4.43. The molecule has 0 spiro atoms. The standard InChI is InChI=1S/C20H18BrNO4/c1-20(2,12-6-4-3-5-7-12)10-17(23)18(24)22-13-8-14-15(16(21)9-13)11-26-19(14)25/h3-9H,10-11H2,1-2H3,(H,22,24). The van der Waals surface area contributed by atoms with Crippen LogP contribution in [-0.2, 0) is 26.3 Å². The van der Waals surface area contributed by atoms with Gasteiger partial charge < -0.3 is 10.1 Å². The van der Waals surface area contributed by atoms with E-state index in [0.717, 1.165) is 11.1 Å². The largest absolute Gasteiger partial charge is 0.457 e. The lowest BCUT2D eigenvalue weighted by molar-refractivity contribution is -0.135. The number of carbonyl (C=O) groups excluding carboxylic acids is 3. The second kappa shape index (κ2) is 7.03. The Labute approximate surface area is 159 Å². The molecule has 3 rings (SSSR count). The van der Waals surface area contributed by atoms with E-state index in [9.17, 15) is 14.4 Å². The van der Waals surface area contributed by atoms with Crippen LogP contribution in [0.1, 0.15) is 41.8 Å². The third-order valence-corrected chi connectivity index (χ3v) is 5.14. The van der Waals surface area contributed by atoms with Crippen LogP contribution in [0.15, 0.2) is 46.9 Å². The molecule has 0 aliphatic carbocycles. The zero-order valence-corrected chi connectivity index (χ0v) is 16.1. The van der Waals surface area contributed by atoms with Crippen LogP contribution in [0.3, 0.4) is 0 Å². The number of hydrogen-bond acceptors (Lipinski definition) is 4. The molecule has 0 bridgehead atoms. The molecule has 0 saturated carbocycles. The number of Topliss-reactive ketones (excluding diaryl/α,β-unsaturated/α-hetero) is 1. The predicted molar refractivity (Wildman–Crippen MR) is 101 cm³/mol. The first-order valence-corrected chi connectivity index (χ1v) is 8.96.